The van der Waals surface area contributed by atoms with Crippen LogP contribution in [0.4, 0.5) is 224 Å². The molecule has 0 aromatic heterocycles. The first-order valence-corrected chi connectivity index (χ1v) is 30.4. The van der Waals surface area contributed by atoms with Crippen molar-refractivity contribution in [3.63, 3.8) is 0 Å². The van der Waals surface area contributed by atoms with E-state index < -0.39 is 282 Å². The van der Waals surface area contributed by atoms with Gasteiger partial charge in [0.1, 0.15) is 54.7 Å². The summed E-state index contributed by atoms with van der Waals surface area (Å²) in [5.41, 5.74) is 0.347. The van der Waals surface area contributed by atoms with Gasteiger partial charge in [0.2, 0.25) is 6.29 Å². The molecule has 117 heavy (non-hydrogen) atoms. The number of ether oxygens (including phenoxy) is 8. The fourth-order valence-corrected chi connectivity index (χ4v) is 9.62. The predicted octanol–water partition coefficient (Wildman–Crippen LogP) is 20.2. The number of benzene rings is 2. The second-order valence-corrected chi connectivity index (χ2v) is 24.8. The molecule has 0 amide bonds. The van der Waals surface area contributed by atoms with Gasteiger partial charge in [-0.1, -0.05) is 30.3 Å². The third kappa shape index (κ3) is 17.4. The van der Waals surface area contributed by atoms with E-state index in [1.165, 1.54) is 24.3 Å². The van der Waals surface area contributed by atoms with Gasteiger partial charge in [-0.3, -0.25) is 0 Å². The molecular weight excluding hydrogens is 1800 g/mol. The molecule has 0 saturated carbocycles. The molecule has 684 valence electrons. The lowest BCUT2D eigenvalue weighted by molar-refractivity contribution is -0.461. The minimum Gasteiger partial charge on any atom is -0.491 e. The first-order valence-electron chi connectivity index (χ1n) is 30.4. The molecule has 8 atom stereocenters. The first-order chi connectivity index (χ1) is 51.7. The van der Waals surface area contributed by atoms with E-state index in [2.05, 4.69) is 9.47 Å². The van der Waals surface area contributed by atoms with Crippen LogP contribution in [0.25, 0.3) is 0 Å². The molecule has 10 nitrogen and oxygen atoms in total. The fraction of sp³-hybridized carbons (Fsp3) is 0.786. The number of rotatable bonds is 41. The second-order valence-electron chi connectivity index (χ2n) is 24.8. The quantitative estimate of drug-likeness (QED) is 0.0493. The number of alkyl halides is 51. The van der Waals surface area contributed by atoms with Crippen molar-refractivity contribution < 1.29 is 272 Å². The maximum atomic E-state index is 15.0. The highest BCUT2D eigenvalue weighted by atomic mass is 19.5. The van der Waals surface area contributed by atoms with Gasteiger partial charge in [0.15, 0.2) is 6.29 Å². The molecule has 61 heteroatoms. The Morgan fingerprint density at radius 3 is 0.915 bits per heavy atom. The highest BCUT2D eigenvalue weighted by Gasteiger charge is 2.99. The summed E-state index contributed by atoms with van der Waals surface area (Å²) < 4.78 is 754. The average molecular weight is 1840 g/mol. The molecule has 2 aliphatic rings. The summed E-state index contributed by atoms with van der Waals surface area (Å²) >= 11 is 0. The topological polar surface area (TPSA) is 114 Å². The van der Waals surface area contributed by atoms with Crippen molar-refractivity contribution in [2.24, 2.45) is 0 Å². The SMILES string of the molecule is OC1C(O)[C@@H]2OC(c3ccccc3)OCC2O[C@H]1Oc1ccc(OCC(OCCCC(F)(F)C(F)(F)C(F)(F)C(F)(F)C(F)(F)C(F)(F)C(F)(F)C(F)(F)F)C(COCCCC(F)(F)C(F)(F)C(F)(F)C(F)(F)C(F)(F)C(F)(F)C(F)(F)C(F)(F)F)OCCCC(F)(F)C(F)(F)C(F)(F)C(F)(F)C(F)(F)C(F)(F)C(F)(F)C(F)(F)F)cc1. The van der Waals surface area contributed by atoms with Crippen LogP contribution in [0.15, 0.2) is 54.6 Å². The van der Waals surface area contributed by atoms with E-state index in [0.29, 0.717) is 29.8 Å². The van der Waals surface area contributed by atoms with Gasteiger partial charge >= 0.3 is 143 Å². The van der Waals surface area contributed by atoms with Crippen LogP contribution in [0.2, 0.25) is 0 Å². The standard InChI is InChI=1S/C56H43F51O10/c57-33(58,36(63,64)39(69,70)42(75,76)45(81,82)48(87,88)51(93,94)54(99,100)101)13-4-16-110-19-25(111-17-5-14-34(59,60)37(65,66)40(71,72)43(77,78)46(83,84)49(89,90)52(95,96)55(102,103)104)26(112-18-6-15-35(61,62)38(67,68)41(73,74)44(79,80)47(85,86)50(91,92)53(97,98)56(105,106)107)20-113-23-9-11-24(12-10-23)115-32-29(109)28(108)30-27(116-32)21-114-31(117-30)22-7-2-1-3-8-22/h1-3,7-12,25-32,108-109H,4-6,13-21H2/t25?,26?,27?,28?,29?,30-,31?,32-/m1/s1. The van der Waals surface area contributed by atoms with Gasteiger partial charge in [0, 0.05) is 44.6 Å². The molecular formula is C56H43F51O10. The first kappa shape index (κ1) is 103. The van der Waals surface area contributed by atoms with Crippen molar-refractivity contribution in [3.8, 4) is 11.5 Å². The molecule has 2 aromatic carbocycles. The predicted molar refractivity (Wildman–Crippen MR) is 273 cm³/mol. The Morgan fingerprint density at radius 1 is 0.316 bits per heavy atom. The Hall–Kier alpha value is -5.85. The smallest absolute Gasteiger partial charge is 0.460 e. The molecule has 4 rings (SSSR count). The van der Waals surface area contributed by atoms with Gasteiger partial charge in [0.05, 0.1) is 13.2 Å². The van der Waals surface area contributed by atoms with E-state index in [9.17, 15) is 217 Å². The highest BCUT2D eigenvalue weighted by molar-refractivity contribution is 5.32. The van der Waals surface area contributed by atoms with Crippen molar-refractivity contribution >= 4 is 0 Å². The van der Waals surface area contributed by atoms with Crippen molar-refractivity contribution in [2.45, 2.75) is 231 Å². The van der Waals surface area contributed by atoms with Gasteiger partial charge < -0.3 is 48.1 Å². The molecule has 2 aliphatic heterocycles. The molecule has 0 spiro atoms. The van der Waals surface area contributed by atoms with Gasteiger partial charge in [-0.15, -0.1) is 0 Å². The molecule has 0 aliphatic carbocycles. The molecule has 2 heterocycles. The van der Waals surface area contributed by atoms with E-state index in [4.69, 9.17) is 28.4 Å². The summed E-state index contributed by atoms with van der Waals surface area (Å²) in [7, 11) is 0. The molecule has 0 bridgehead atoms. The van der Waals surface area contributed by atoms with Crippen LogP contribution in [-0.4, -0.2) is 236 Å². The molecule has 0 radical (unpaired) electrons. The van der Waals surface area contributed by atoms with Crippen molar-refractivity contribution in [2.75, 3.05) is 39.6 Å². The zero-order valence-electron chi connectivity index (χ0n) is 55.2. The number of hydrogen-bond acceptors (Lipinski definition) is 10. The average Bonchev–Trinajstić information content (AvgIpc) is 0.704. The van der Waals surface area contributed by atoms with E-state index >= 15 is 17.6 Å². The summed E-state index contributed by atoms with van der Waals surface area (Å²) in [4.78, 5) is 0. The van der Waals surface area contributed by atoms with Gasteiger partial charge in [-0.05, 0) is 43.5 Å². The van der Waals surface area contributed by atoms with Crippen LogP contribution in [0.3, 0.4) is 0 Å². The Bertz CT molecular complexity index is 3560. The summed E-state index contributed by atoms with van der Waals surface area (Å²) in [6.07, 6.45) is -59.4. The lowest BCUT2D eigenvalue weighted by Gasteiger charge is -2.46. The van der Waals surface area contributed by atoms with Crippen LogP contribution in [0.1, 0.15) is 50.4 Å². The van der Waals surface area contributed by atoms with Gasteiger partial charge in [-0.25, -0.2) is 0 Å². The van der Waals surface area contributed by atoms with Crippen molar-refractivity contribution in [1.82, 2.24) is 0 Å². The van der Waals surface area contributed by atoms with Crippen LogP contribution in [0.5, 0.6) is 11.5 Å². The normalized spacial score (nSPS) is 21.1. The van der Waals surface area contributed by atoms with Crippen molar-refractivity contribution in [3.05, 3.63) is 60.2 Å². The molecule has 6 unspecified atom stereocenters. The monoisotopic (exact) mass is 1840 g/mol. The summed E-state index contributed by atoms with van der Waals surface area (Å²) in [6, 6.07) is 9.86. The Labute approximate surface area is 613 Å². The number of aliphatic hydroxyl groups is 2. The van der Waals surface area contributed by atoms with E-state index in [1.54, 1.807) is 6.07 Å². The Kier molecular flexibility index (Phi) is 29.0. The summed E-state index contributed by atoms with van der Waals surface area (Å²) in [5, 5.41) is 21.7. The zero-order valence-corrected chi connectivity index (χ0v) is 55.2. The van der Waals surface area contributed by atoms with E-state index in [0.717, 1.165) is 0 Å². The maximum absolute atomic E-state index is 15.0. The van der Waals surface area contributed by atoms with Gasteiger partial charge in [0.25, 0.3) is 0 Å². The Morgan fingerprint density at radius 2 is 0.598 bits per heavy atom. The minimum atomic E-state index is -9.27. The number of fused-ring (bicyclic) bond motifs is 1. The number of aliphatic hydroxyl groups excluding tert-OH is 2. The fourth-order valence-electron chi connectivity index (χ4n) is 9.62. The number of hydrogen-bond donors (Lipinski definition) is 2. The minimum absolute atomic E-state index is 0.347. The van der Waals surface area contributed by atoms with Crippen LogP contribution in [0, 0.1) is 0 Å². The van der Waals surface area contributed by atoms with E-state index in [-0.39, 0.29) is 0 Å². The second kappa shape index (κ2) is 32.8. The maximum Gasteiger partial charge on any atom is 0.460 e. The van der Waals surface area contributed by atoms with E-state index in [1.807, 2.05) is 0 Å². The van der Waals surface area contributed by atoms with Crippen LogP contribution < -0.4 is 9.47 Å². The largest absolute Gasteiger partial charge is 0.491 e. The molecule has 2 fully saturated rings. The third-order valence-corrected chi connectivity index (χ3v) is 16.7. The molecule has 2 aromatic rings. The summed E-state index contributed by atoms with van der Waals surface area (Å²) in [5.74, 6) is -185. The third-order valence-electron chi connectivity index (χ3n) is 16.7. The Balaban J connectivity index is 1.81. The van der Waals surface area contributed by atoms with Crippen LogP contribution >= 0.6 is 0 Å². The number of halogens is 51. The molecule has 2 saturated heterocycles. The van der Waals surface area contributed by atoms with Crippen molar-refractivity contribution in [1.29, 1.82) is 0 Å². The lowest BCUT2D eigenvalue weighted by Crippen LogP contribution is -2.74. The lowest BCUT2D eigenvalue weighted by atomic mass is 9.88. The highest BCUT2D eigenvalue weighted by Crippen LogP contribution is 2.69. The van der Waals surface area contributed by atoms with Gasteiger partial charge in [-0.2, -0.15) is 224 Å². The zero-order chi connectivity index (χ0) is 91.9. The summed E-state index contributed by atoms with van der Waals surface area (Å²) in [6.45, 7) is -11.7. The molecule has 2 N–H and O–H groups in total. The van der Waals surface area contributed by atoms with Crippen LogP contribution in [-0.2, 0) is 28.4 Å².